The van der Waals surface area contributed by atoms with Crippen LogP contribution in [0, 0.1) is 23.4 Å². The van der Waals surface area contributed by atoms with Crippen LogP contribution in [0.2, 0.25) is 0 Å². The fourth-order valence-corrected chi connectivity index (χ4v) is 4.10. The molecule has 1 aliphatic rings. The molecule has 0 fully saturated rings. The molecule has 0 radical (unpaired) electrons. The summed E-state index contributed by atoms with van der Waals surface area (Å²) >= 11 is 0. The molecule has 0 saturated heterocycles. The van der Waals surface area contributed by atoms with Crippen LogP contribution in [0.1, 0.15) is 62.6 Å². The molecule has 3 rings (SSSR count). The van der Waals surface area contributed by atoms with Crippen molar-refractivity contribution >= 4 is 10.8 Å². The number of halogens is 5. The molecule has 0 spiro atoms. The molecular formula is C21H23F5. The average Bonchev–Trinajstić information content (AvgIpc) is 2.86. The highest BCUT2D eigenvalue weighted by molar-refractivity contribution is 5.89. The Morgan fingerprint density at radius 2 is 1.69 bits per heavy atom. The first-order valence-electron chi connectivity index (χ1n) is 9.33. The van der Waals surface area contributed by atoms with E-state index in [-0.39, 0.29) is 29.4 Å². The molecule has 0 amide bonds. The third-order valence-electron chi connectivity index (χ3n) is 5.45. The second-order valence-corrected chi connectivity index (χ2v) is 7.21. The molecule has 0 N–H and O–H groups in total. The molecule has 0 aromatic heterocycles. The number of aryl methyl sites for hydroxylation is 1. The molecule has 0 heterocycles. The second-order valence-electron chi connectivity index (χ2n) is 7.21. The molecule has 1 aliphatic carbocycles. The Morgan fingerprint density at radius 1 is 0.962 bits per heavy atom. The van der Waals surface area contributed by atoms with E-state index < -0.39 is 40.2 Å². The highest BCUT2D eigenvalue weighted by atomic mass is 19.3. The van der Waals surface area contributed by atoms with E-state index in [1.807, 2.05) is 13.8 Å². The van der Waals surface area contributed by atoms with Crippen LogP contribution in [-0.2, 0) is 18.8 Å². The van der Waals surface area contributed by atoms with Gasteiger partial charge in [-0.05, 0) is 35.8 Å². The molecule has 1 unspecified atom stereocenters. The molecule has 5 heteroatoms. The lowest BCUT2D eigenvalue weighted by molar-refractivity contribution is -0.0586. The van der Waals surface area contributed by atoms with Crippen molar-refractivity contribution < 1.29 is 22.0 Å². The lowest BCUT2D eigenvalue weighted by Crippen LogP contribution is -2.22. The van der Waals surface area contributed by atoms with E-state index in [9.17, 15) is 22.0 Å². The standard InChI is InChI=1S/C21H23F5/c1-3-5-6-8-13-11-15-14-10-9-12(7-4-2)18(22)16(14)19(23)20(24)17(15)21(13,25)26/h9-10,13H,3-8,11H2,1-2H3. The van der Waals surface area contributed by atoms with Crippen LogP contribution in [0.3, 0.4) is 0 Å². The van der Waals surface area contributed by atoms with Crippen molar-refractivity contribution in [2.24, 2.45) is 5.92 Å². The van der Waals surface area contributed by atoms with Crippen LogP contribution in [-0.4, -0.2) is 0 Å². The number of fused-ring (bicyclic) bond motifs is 3. The van der Waals surface area contributed by atoms with E-state index in [1.54, 1.807) is 0 Å². The topological polar surface area (TPSA) is 0 Å². The molecule has 0 nitrogen and oxygen atoms in total. The Bertz CT molecular complexity index is 825. The van der Waals surface area contributed by atoms with Gasteiger partial charge in [-0.2, -0.15) is 0 Å². The normalized spacial score (nSPS) is 18.5. The highest BCUT2D eigenvalue weighted by Crippen LogP contribution is 2.52. The zero-order valence-electron chi connectivity index (χ0n) is 15.1. The van der Waals surface area contributed by atoms with Gasteiger partial charge in [0.05, 0.1) is 10.9 Å². The predicted octanol–water partition coefficient (Wildman–Crippen LogP) is 7.05. The Kier molecular flexibility index (Phi) is 5.27. The highest BCUT2D eigenvalue weighted by Gasteiger charge is 2.51. The van der Waals surface area contributed by atoms with Crippen LogP contribution < -0.4 is 0 Å². The number of hydrogen-bond donors (Lipinski definition) is 0. The van der Waals surface area contributed by atoms with E-state index in [0.29, 0.717) is 19.3 Å². The quantitative estimate of drug-likeness (QED) is 0.377. The number of hydrogen-bond acceptors (Lipinski definition) is 0. The van der Waals surface area contributed by atoms with Crippen LogP contribution in [0.4, 0.5) is 22.0 Å². The van der Waals surface area contributed by atoms with Crippen molar-refractivity contribution in [3.05, 3.63) is 46.3 Å². The molecule has 142 valence electrons. The van der Waals surface area contributed by atoms with E-state index in [4.69, 9.17) is 0 Å². The molecule has 2 aromatic carbocycles. The first-order valence-corrected chi connectivity index (χ1v) is 9.33. The van der Waals surface area contributed by atoms with Crippen LogP contribution in [0.25, 0.3) is 10.8 Å². The van der Waals surface area contributed by atoms with Gasteiger partial charge in [-0.15, -0.1) is 0 Å². The summed E-state index contributed by atoms with van der Waals surface area (Å²) in [6.45, 7) is 3.82. The van der Waals surface area contributed by atoms with Gasteiger partial charge in [0.15, 0.2) is 11.6 Å². The number of alkyl halides is 2. The summed E-state index contributed by atoms with van der Waals surface area (Å²) in [4.78, 5) is 0. The van der Waals surface area contributed by atoms with Gasteiger partial charge in [-0.3, -0.25) is 0 Å². The summed E-state index contributed by atoms with van der Waals surface area (Å²) < 4.78 is 73.4. The number of unbranched alkanes of at least 4 members (excludes halogenated alkanes) is 2. The molecule has 0 bridgehead atoms. The second kappa shape index (κ2) is 7.16. The molecule has 0 aliphatic heterocycles. The largest absolute Gasteiger partial charge is 0.279 e. The van der Waals surface area contributed by atoms with Crippen molar-refractivity contribution in [3.8, 4) is 0 Å². The SMILES string of the molecule is CCCCCC1Cc2c(c(F)c(F)c3c(F)c(CCC)ccc23)C1(F)F. The minimum Gasteiger partial charge on any atom is -0.206 e. The first-order chi connectivity index (χ1) is 12.3. The van der Waals surface area contributed by atoms with E-state index >= 15 is 0 Å². The average molecular weight is 370 g/mol. The zero-order valence-corrected chi connectivity index (χ0v) is 15.1. The van der Waals surface area contributed by atoms with Crippen LogP contribution in [0.5, 0.6) is 0 Å². The zero-order chi connectivity index (χ0) is 19.1. The summed E-state index contributed by atoms with van der Waals surface area (Å²) in [5.41, 5.74) is -0.526. The summed E-state index contributed by atoms with van der Waals surface area (Å²) in [7, 11) is 0. The van der Waals surface area contributed by atoms with Gasteiger partial charge >= 0.3 is 0 Å². The Hall–Kier alpha value is -1.65. The third-order valence-corrected chi connectivity index (χ3v) is 5.45. The van der Waals surface area contributed by atoms with Gasteiger partial charge < -0.3 is 0 Å². The Labute approximate surface area is 150 Å². The van der Waals surface area contributed by atoms with Gasteiger partial charge in [0, 0.05) is 5.92 Å². The maximum absolute atomic E-state index is 14.8. The summed E-state index contributed by atoms with van der Waals surface area (Å²) in [6, 6.07) is 2.97. The fourth-order valence-electron chi connectivity index (χ4n) is 4.10. The van der Waals surface area contributed by atoms with Gasteiger partial charge in [0.1, 0.15) is 5.82 Å². The minimum atomic E-state index is -3.43. The van der Waals surface area contributed by atoms with E-state index in [1.165, 1.54) is 12.1 Å². The molecule has 1 atom stereocenters. The Balaban J connectivity index is 2.16. The minimum absolute atomic E-state index is 0.0493. The van der Waals surface area contributed by atoms with Crippen molar-refractivity contribution in [3.63, 3.8) is 0 Å². The predicted molar refractivity (Wildman–Crippen MR) is 93.0 cm³/mol. The first kappa shape index (κ1) is 19.1. The Morgan fingerprint density at radius 3 is 2.35 bits per heavy atom. The van der Waals surface area contributed by atoms with Crippen molar-refractivity contribution in [2.45, 2.75) is 64.7 Å². The maximum atomic E-state index is 14.8. The number of benzene rings is 2. The van der Waals surface area contributed by atoms with Crippen molar-refractivity contribution in [2.75, 3.05) is 0 Å². The lowest BCUT2D eigenvalue weighted by atomic mass is 9.95. The van der Waals surface area contributed by atoms with Crippen LogP contribution in [0.15, 0.2) is 12.1 Å². The van der Waals surface area contributed by atoms with Gasteiger partial charge in [-0.25, -0.2) is 22.0 Å². The summed E-state index contributed by atoms with van der Waals surface area (Å²) in [5.74, 6) is -8.42. The maximum Gasteiger partial charge on any atom is 0.279 e. The summed E-state index contributed by atoms with van der Waals surface area (Å²) in [6.07, 6.45) is 3.55. The lowest BCUT2D eigenvalue weighted by Gasteiger charge is -2.20. The van der Waals surface area contributed by atoms with Gasteiger partial charge in [-0.1, -0.05) is 51.7 Å². The number of rotatable bonds is 6. The molecular weight excluding hydrogens is 347 g/mol. The summed E-state index contributed by atoms with van der Waals surface area (Å²) in [5, 5.41) is -0.411. The molecule has 0 saturated carbocycles. The van der Waals surface area contributed by atoms with E-state index in [0.717, 1.165) is 12.8 Å². The van der Waals surface area contributed by atoms with E-state index in [2.05, 4.69) is 0 Å². The van der Waals surface area contributed by atoms with Gasteiger partial charge in [0.2, 0.25) is 0 Å². The molecule has 2 aromatic rings. The monoisotopic (exact) mass is 370 g/mol. The van der Waals surface area contributed by atoms with Crippen molar-refractivity contribution in [1.29, 1.82) is 0 Å². The molecule has 26 heavy (non-hydrogen) atoms. The third kappa shape index (κ3) is 2.89. The van der Waals surface area contributed by atoms with Crippen molar-refractivity contribution in [1.82, 2.24) is 0 Å². The van der Waals surface area contributed by atoms with Gasteiger partial charge in [0.25, 0.3) is 5.92 Å². The van der Waals surface area contributed by atoms with Crippen LogP contribution >= 0.6 is 0 Å². The smallest absolute Gasteiger partial charge is 0.206 e. The fraction of sp³-hybridized carbons (Fsp3) is 0.524.